The van der Waals surface area contributed by atoms with Crippen molar-refractivity contribution in [2.75, 3.05) is 0 Å². The number of aromatic amines is 3. The molecular formula is C18H27N3O9. The highest BCUT2D eigenvalue weighted by Crippen LogP contribution is 1.78. The third-order valence-corrected chi connectivity index (χ3v) is 2.17. The van der Waals surface area contributed by atoms with Crippen LogP contribution < -0.4 is 17.1 Å². The van der Waals surface area contributed by atoms with Gasteiger partial charge in [0.1, 0.15) is 0 Å². The maximum Gasteiger partial charge on any atom is 0.330 e. The van der Waals surface area contributed by atoms with Crippen LogP contribution in [0.1, 0.15) is 40.0 Å². The van der Waals surface area contributed by atoms with E-state index in [1.165, 1.54) is 0 Å². The molecule has 168 valence electrons. The predicted molar refractivity (Wildman–Crippen MR) is 110 cm³/mol. The Morgan fingerprint density at radius 1 is 0.600 bits per heavy atom. The SMILES string of the molecule is CCC=CC(=O)O.CCC=CC(=O)O.CCC=CC(=O)O.O=c1[nH]c(=O)[nH]c(=O)[nH]1. The van der Waals surface area contributed by atoms with E-state index in [9.17, 15) is 28.8 Å². The van der Waals surface area contributed by atoms with Gasteiger partial charge < -0.3 is 15.3 Å². The van der Waals surface area contributed by atoms with E-state index >= 15 is 0 Å². The number of hydrogen-bond acceptors (Lipinski definition) is 6. The molecule has 0 radical (unpaired) electrons. The fourth-order valence-electron chi connectivity index (χ4n) is 1.06. The Bertz CT molecular complexity index is 738. The Morgan fingerprint density at radius 2 is 0.800 bits per heavy atom. The van der Waals surface area contributed by atoms with Gasteiger partial charge in [-0.15, -0.1) is 0 Å². The van der Waals surface area contributed by atoms with Gasteiger partial charge in [0, 0.05) is 18.2 Å². The number of allylic oxidation sites excluding steroid dienone is 3. The van der Waals surface area contributed by atoms with Gasteiger partial charge in [-0.3, -0.25) is 15.0 Å². The number of aliphatic carboxylic acids is 3. The number of carbonyl (C=O) groups is 3. The molecule has 0 spiro atoms. The summed E-state index contributed by atoms with van der Waals surface area (Å²) in [7, 11) is 0. The van der Waals surface area contributed by atoms with E-state index < -0.39 is 35.0 Å². The molecule has 0 bridgehead atoms. The van der Waals surface area contributed by atoms with Crippen molar-refractivity contribution in [1.82, 2.24) is 15.0 Å². The zero-order valence-corrected chi connectivity index (χ0v) is 16.9. The minimum atomic E-state index is -0.873. The minimum absolute atomic E-state index is 0.784. The molecule has 12 heteroatoms. The molecule has 0 aliphatic rings. The largest absolute Gasteiger partial charge is 0.478 e. The second-order valence-electron chi connectivity index (χ2n) is 4.81. The second kappa shape index (κ2) is 21.3. The molecule has 12 nitrogen and oxygen atoms in total. The second-order valence-corrected chi connectivity index (χ2v) is 4.81. The Hall–Kier alpha value is -3.96. The van der Waals surface area contributed by atoms with Crippen molar-refractivity contribution in [2.24, 2.45) is 0 Å². The fourth-order valence-corrected chi connectivity index (χ4v) is 1.06. The van der Waals surface area contributed by atoms with Crippen LogP contribution in [0.5, 0.6) is 0 Å². The van der Waals surface area contributed by atoms with E-state index in [0.717, 1.165) is 37.5 Å². The van der Waals surface area contributed by atoms with Gasteiger partial charge in [0.2, 0.25) is 0 Å². The van der Waals surface area contributed by atoms with Crippen LogP contribution in [0.2, 0.25) is 0 Å². The molecule has 0 unspecified atom stereocenters. The normalized spacial score (nSPS) is 9.70. The summed E-state index contributed by atoms with van der Waals surface area (Å²) in [4.78, 5) is 64.9. The van der Waals surface area contributed by atoms with Gasteiger partial charge in [-0.2, -0.15) is 0 Å². The van der Waals surface area contributed by atoms with Crippen LogP contribution in [-0.4, -0.2) is 48.2 Å². The molecule has 0 saturated carbocycles. The van der Waals surface area contributed by atoms with Gasteiger partial charge >= 0.3 is 35.0 Å². The van der Waals surface area contributed by atoms with E-state index in [1.807, 2.05) is 20.8 Å². The zero-order chi connectivity index (χ0) is 23.9. The molecule has 30 heavy (non-hydrogen) atoms. The highest BCUT2D eigenvalue weighted by atomic mass is 16.4. The fraction of sp³-hybridized carbons (Fsp3) is 0.333. The van der Waals surface area contributed by atoms with Crippen LogP contribution in [0.4, 0.5) is 0 Å². The van der Waals surface area contributed by atoms with Crippen molar-refractivity contribution in [1.29, 1.82) is 0 Å². The lowest BCUT2D eigenvalue weighted by molar-refractivity contribution is -0.132. The van der Waals surface area contributed by atoms with Crippen molar-refractivity contribution in [3.05, 3.63) is 67.9 Å². The molecule has 0 amide bonds. The number of carboxylic acid groups (broad SMARTS) is 3. The number of nitrogens with one attached hydrogen (secondary N) is 3. The van der Waals surface area contributed by atoms with Gasteiger partial charge in [-0.25, -0.2) is 28.8 Å². The van der Waals surface area contributed by atoms with Gasteiger partial charge in [0.15, 0.2) is 0 Å². The first-order valence-corrected chi connectivity index (χ1v) is 8.61. The number of hydrogen-bond donors (Lipinski definition) is 6. The average molecular weight is 429 g/mol. The summed E-state index contributed by atoms with van der Waals surface area (Å²) >= 11 is 0. The van der Waals surface area contributed by atoms with Gasteiger partial charge in [-0.1, -0.05) is 39.0 Å². The third kappa shape index (κ3) is 31.8. The first-order chi connectivity index (χ1) is 14.0. The monoisotopic (exact) mass is 429 g/mol. The lowest BCUT2D eigenvalue weighted by atomic mass is 10.4. The number of rotatable bonds is 6. The summed E-state index contributed by atoms with van der Waals surface area (Å²) in [5.41, 5.74) is -2.41. The summed E-state index contributed by atoms with van der Waals surface area (Å²) < 4.78 is 0. The highest BCUT2D eigenvalue weighted by Gasteiger charge is 1.85. The molecular weight excluding hydrogens is 402 g/mol. The Morgan fingerprint density at radius 3 is 0.900 bits per heavy atom. The smallest absolute Gasteiger partial charge is 0.330 e. The van der Waals surface area contributed by atoms with Crippen molar-refractivity contribution in [3.63, 3.8) is 0 Å². The van der Waals surface area contributed by atoms with Crippen molar-refractivity contribution in [2.45, 2.75) is 40.0 Å². The Kier molecular flexibility index (Phi) is 21.9. The van der Waals surface area contributed by atoms with Crippen molar-refractivity contribution in [3.8, 4) is 0 Å². The summed E-state index contributed by atoms with van der Waals surface area (Å²) in [6.07, 6.45) is 10.6. The molecule has 1 aromatic rings. The number of aromatic nitrogens is 3. The molecule has 0 fully saturated rings. The molecule has 0 aliphatic carbocycles. The molecule has 6 N–H and O–H groups in total. The van der Waals surface area contributed by atoms with Crippen molar-refractivity contribution < 1.29 is 29.7 Å². The molecule has 0 aliphatic heterocycles. The van der Waals surface area contributed by atoms with Gasteiger partial charge in [-0.05, 0) is 19.3 Å². The zero-order valence-electron chi connectivity index (χ0n) is 16.9. The predicted octanol–water partition coefficient (Wildman–Crippen LogP) is 0.863. The maximum absolute atomic E-state index is 10.2. The topological polar surface area (TPSA) is 210 Å². The first kappa shape index (κ1) is 30.8. The number of carboxylic acids is 3. The van der Waals surface area contributed by atoms with Crippen LogP contribution in [0, 0.1) is 0 Å². The lowest BCUT2D eigenvalue weighted by Crippen LogP contribution is -2.34. The van der Waals surface area contributed by atoms with Crippen LogP contribution in [0.15, 0.2) is 50.8 Å². The summed E-state index contributed by atoms with van der Waals surface area (Å²) in [6, 6.07) is 0. The third-order valence-electron chi connectivity index (χ3n) is 2.17. The van der Waals surface area contributed by atoms with E-state index in [2.05, 4.69) is 0 Å². The first-order valence-electron chi connectivity index (χ1n) is 8.61. The quantitative estimate of drug-likeness (QED) is 0.353. The molecule has 0 atom stereocenters. The van der Waals surface area contributed by atoms with Gasteiger partial charge in [0.25, 0.3) is 0 Å². The molecule has 1 rings (SSSR count). The van der Waals surface area contributed by atoms with Crippen molar-refractivity contribution >= 4 is 17.9 Å². The highest BCUT2D eigenvalue weighted by molar-refractivity contribution is 5.80. The Balaban J connectivity index is -0.000000327. The van der Waals surface area contributed by atoms with E-state index in [-0.39, 0.29) is 0 Å². The standard InChI is InChI=1S/3C5H8O2.C3H3N3O3/c3*1-2-3-4-5(6)7;7-1-4-2(8)6-3(9)5-1/h3*3-4H,2H2,1H3,(H,6,7);(H3,4,5,6,7,8,9). The maximum atomic E-state index is 10.2. The average Bonchev–Trinajstić information content (AvgIpc) is 2.63. The number of H-pyrrole nitrogens is 3. The van der Waals surface area contributed by atoms with E-state index in [0.29, 0.717) is 0 Å². The van der Waals surface area contributed by atoms with Crippen LogP contribution in [0.25, 0.3) is 0 Å². The molecule has 0 saturated heterocycles. The van der Waals surface area contributed by atoms with E-state index in [1.54, 1.807) is 33.2 Å². The van der Waals surface area contributed by atoms with Crippen LogP contribution in [0.3, 0.4) is 0 Å². The summed E-state index contributed by atoms with van der Waals surface area (Å²) in [6.45, 7) is 5.66. The summed E-state index contributed by atoms with van der Waals surface area (Å²) in [5, 5.41) is 23.9. The molecule has 1 aromatic heterocycles. The minimum Gasteiger partial charge on any atom is -0.478 e. The van der Waals surface area contributed by atoms with Gasteiger partial charge in [0.05, 0.1) is 0 Å². The summed E-state index contributed by atoms with van der Waals surface area (Å²) in [5.74, 6) is -2.62. The Labute approximate surface area is 171 Å². The molecule has 1 heterocycles. The lowest BCUT2D eigenvalue weighted by Gasteiger charge is -1.77. The molecule has 0 aromatic carbocycles. The van der Waals surface area contributed by atoms with Crippen LogP contribution in [-0.2, 0) is 14.4 Å². The van der Waals surface area contributed by atoms with Crippen LogP contribution >= 0.6 is 0 Å². The van der Waals surface area contributed by atoms with E-state index in [4.69, 9.17) is 15.3 Å².